The summed E-state index contributed by atoms with van der Waals surface area (Å²) in [5.74, 6) is 0.880. The highest BCUT2D eigenvalue weighted by Gasteiger charge is 1.93. The van der Waals surface area contributed by atoms with Crippen LogP contribution in [-0.2, 0) is 4.52 Å². The number of benzene rings is 1. The Morgan fingerprint density at radius 2 is 1.93 bits per heavy atom. The number of rotatable bonds is 6. The zero-order valence-corrected chi connectivity index (χ0v) is 9.75. The molecule has 0 amide bonds. The third-order valence-corrected chi connectivity index (χ3v) is 2.48. The number of hydrogen-bond donors (Lipinski definition) is 0. The van der Waals surface area contributed by atoms with E-state index in [1.165, 1.54) is 5.56 Å². The maximum absolute atomic E-state index is 5.41. The molecule has 1 rings (SSSR count). The van der Waals surface area contributed by atoms with Gasteiger partial charge in [-0.15, -0.1) is 0 Å². The van der Waals surface area contributed by atoms with E-state index in [2.05, 4.69) is 13.8 Å². The zero-order chi connectivity index (χ0) is 10.2. The molecule has 0 aliphatic carbocycles. The molecule has 0 heterocycles. The fourth-order valence-electron chi connectivity index (χ4n) is 0.942. The first-order valence-corrected chi connectivity index (χ1v) is 5.75. The van der Waals surface area contributed by atoms with Crippen molar-refractivity contribution < 1.29 is 9.05 Å². The second-order valence-corrected chi connectivity index (χ2v) is 3.86. The van der Waals surface area contributed by atoms with Gasteiger partial charge >= 0.3 is 0 Å². The SMILES string of the molecule is CCCCOPOc1ccc(C)cc1. The molecule has 1 unspecified atom stereocenters. The molecule has 78 valence electrons. The lowest BCUT2D eigenvalue weighted by molar-refractivity contribution is 0.321. The number of hydrogen-bond acceptors (Lipinski definition) is 2. The van der Waals surface area contributed by atoms with E-state index in [9.17, 15) is 0 Å². The summed E-state index contributed by atoms with van der Waals surface area (Å²) in [6.45, 7) is 5.00. The fourth-order valence-corrected chi connectivity index (χ4v) is 1.46. The fraction of sp³-hybridized carbons (Fsp3) is 0.455. The first kappa shape index (κ1) is 11.5. The van der Waals surface area contributed by atoms with Crippen molar-refractivity contribution in [3.8, 4) is 5.75 Å². The van der Waals surface area contributed by atoms with Crippen LogP contribution < -0.4 is 4.52 Å². The van der Waals surface area contributed by atoms with Crippen molar-refractivity contribution in [3.05, 3.63) is 29.8 Å². The van der Waals surface area contributed by atoms with Gasteiger partial charge in [-0.1, -0.05) is 31.0 Å². The van der Waals surface area contributed by atoms with E-state index in [-0.39, 0.29) is 9.03 Å². The smallest absolute Gasteiger partial charge is 0.215 e. The molecule has 0 radical (unpaired) electrons. The van der Waals surface area contributed by atoms with Gasteiger partial charge in [-0.2, -0.15) is 0 Å². The summed E-state index contributed by atoms with van der Waals surface area (Å²) in [4.78, 5) is 0. The molecule has 0 aliphatic rings. The molecule has 0 saturated carbocycles. The molecule has 1 aromatic carbocycles. The van der Waals surface area contributed by atoms with Crippen molar-refractivity contribution in [3.63, 3.8) is 0 Å². The largest absolute Gasteiger partial charge is 0.450 e. The maximum Gasteiger partial charge on any atom is 0.215 e. The predicted molar refractivity (Wildman–Crippen MR) is 61.0 cm³/mol. The molecule has 0 bridgehead atoms. The third-order valence-electron chi connectivity index (χ3n) is 1.84. The van der Waals surface area contributed by atoms with Gasteiger partial charge in [0.25, 0.3) is 0 Å². The highest BCUT2D eigenvalue weighted by Crippen LogP contribution is 2.21. The molecule has 0 aliphatic heterocycles. The van der Waals surface area contributed by atoms with E-state index < -0.39 is 0 Å². The van der Waals surface area contributed by atoms with E-state index in [1.54, 1.807) is 0 Å². The number of unbranched alkanes of at least 4 members (excludes halogenated alkanes) is 1. The molecule has 1 atom stereocenters. The molecular weight excluding hydrogens is 195 g/mol. The van der Waals surface area contributed by atoms with Crippen LogP contribution in [0.2, 0.25) is 0 Å². The van der Waals surface area contributed by atoms with Crippen LogP contribution in [-0.4, -0.2) is 6.61 Å². The van der Waals surface area contributed by atoms with Crippen LogP contribution >= 0.6 is 9.03 Å². The van der Waals surface area contributed by atoms with Gasteiger partial charge in [0, 0.05) is 0 Å². The predicted octanol–water partition coefficient (Wildman–Crippen LogP) is 3.70. The Hall–Kier alpha value is -0.590. The summed E-state index contributed by atoms with van der Waals surface area (Å²) in [5, 5.41) is 0. The molecule has 0 saturated heterocycles. The van der Waals surface area contributed by atoms with Gasteiger partial charge in [0.05, 0.1) is 6.61 Å². The van der Waals surface area contributed by atoms with E-state index in [4.69, 9.17) is 9.05 Å². The Morgan fingerprint density at radius 3 is 2.57 bits per heavy atom. The van der Waals surface area contributed by atoms with E-state index in [0.717, 1.165) is 25.2 Å². The average molecular weight is 212 g/mol. The summed E-state index contributed by atoms with van der Waals surface area (Å²) in [6, 6.07) is 7.99. The molecule has 14 heavy (non-hydrogen) atoms. The lowest BCUT2D eigenvalue weighted by Gasteiger charge is -2.05. The lowest BCUT2D eigenvalue weighted by atomic mass is 10.2. The van der Waals surface area contributed by atoms with Crippen LogP contribution in [0.3, 0.4) is 0 Å². The van der Waals surface area contributed by atoms with Crippen molar-refractivity contribution in [1.82, 2.24) is 0 Å². The first-order valence-electron chi connectivity index (χ1n) is 4.93. The standard InChI is InChI=1S/C11H17O2P/c1-3-4-9-12-14-13-11-7-5-10(2)6-8-11/h5-8,14H,3-4,9H2,1-2H3. The number of aryl methyl sites for hydroxylation is 1. The lowest BCUT2D eigenvalue weighted by Crippen LogP contribution is -1.86. The van der Waals surface area contributed by atoms with Crippen molar-refractivity contribution in [2.75, 3.05) is 6.61 Å². The monoisotopic (exact) mass is 212 g/mol. The highest BCUT2D eigenvalue weighted by atomic mass is 31.1. The Morgan fingerprint density at radius 1 is 1.21 bits per heavy atom. The third kappa shape index (κ3) is 4.59. The first-order chi connectivity index (χ1) is 6.83. The molecule has 3 heteroatoms. The van der Waals surface area contributed by atoms with Crippen LogP contribution in [0, 0.1) is 6.92 Å². The van der Waals surface area contributed by atoms with E-state index in [0.29, 0.717) is 0 Å². The topological polar surface area (TPSA) is 18.5 Å². The zero-order valence-electron chi connectivity index (χ0n) is 8.75. The van der Waals surface area contributed by atoms with Crippen LogP contribution in [0.5, 0.6) is 5.75 Å². The Labute approximate surface area is 87.6 Å². The van der Waals surface area contributed by atoms with Crippen LogP contribution in [0.15, 0.2) is 24.3 Å². The van der Waals surface area contributed by atoms with Crippen molar-refractivity contribution in [2.45, 2.75) is 26.7 Å². The van der Waals surface area contributed by atoms with E-state index in [1.807, 2.05) is 24.3 Å². The molecule has 1 aromatic rings. The average Bonchev–Trinajstić information content (AvgIpc) is 2.21. The molecule has 0 spiro atoms. The summed E-state index contributed by atoms with van der Waals surface area (Å²) >= 11 is 0. The van der Waals surface area contributed by atoms with E-state index >= 15 is 0 Å². The maximum atomic E-state index is 5.41. The van der Waals surface area contributed by atoms with Gasteiger partial charge in [-0.3, -0.25) is 0 Å². The summed E-state index contributed by atoms with van der Waals surface area (Å²) < 4.78 is 10.7. The van der Waals surface area contributed by atoms with Gasteiger partial charge in [-0.05, 0) is 25.5 Å². The Balaban J connectivity index is 2.15. The summed E-state index contributed by atoms with van der Waals surface area (Å²) in [6.07, 6.45) is 2.26. The minimum Gasteiger partial charge on any atom is -0.450 e. The minimum atomic E-state index is 0.116. The van der Waals surface area contributed by atoms with Gasteiger partial charge in [0.2, 0.25) is 9.03 Å². The minimum absolute atomic E-state index is 0.116. The Bertz CT molecular complexity index is 246. The summed E-state index contributed by atoms with van der Waals surface area (Å²) in [7, 11) is 0.116. The normalized spacial score (nSPS) is 11.0. The van der Waals surface area contributed by atoms with Crippen molar-refractivity contribution >= 4 is 9.03 Å². The molecular formula is C11H17O2P. The van der Waals surface area contributed by atoms with Crippen LogP contribution in [0.25, 0.3) is 0 Å². The van der Waals surface area contributed by atoms with Crippen molar-refractivity contribution in [1.29, 1.82) is 0 Å². The molecule has 0 fully saturated rings. The second kappa shape index (κ2) is 6.80. The van der Waals surface area contributed by atoms with Gasteiger partial charge in [-0.25, -0.2) is 0 Å². The summed E-state index contributed by atoms with van der Waals surface area (Å²) in [5.41, 5.74) is 1.24. The van der Waals surface area contributed by atoms with Gasteiger partial charge < -0.3 is 9.05 Å². The molecule has 0 aromatic heterocycles. The quantitative estimate of drug-likeness (QED) is 0.528. The Kier molecular flexibility index (Phi) is 5.58. The highest BCUT2D eigenvalue weighted by molar-refractivity contribution is 7.26. The van der Waals surface area contributed by atoms with Crippen LogP contribution in [0.1, 0.15) is 25.3 Å². The second-order valence-electron chi connectivity index (χ2n) is 3.20. The van der Waals surface area contributed by atoms with Crippen molar-refractivity contribution in [2.24, 2.45) is 0 Å². The molecule has 0 N–H and O–H groups in total. The van der Waals surface area contributed by atoms with Gasteiger partial charge in [0.15, 0.2) is 0 Å². The van der Waals surface area contributed by atoms with Gasteiger partial charge in [0.1, 0.15) is 5.75 Å². The van der Waals surface area contributed by atoms with Crippen LogP contribution in [0.4, 0.5) is 0 Å². The molecule has 2 nitrogen and oxygen atoms in total.